The van der Waals surface area contributed by atoms with E-state index >= 15 is 0 Å². The number of carbonyl (C=O) groups excluding carboxylic acids is 1. The van der Waals surface area contributed by atoms with E-state index in [1.807, 2.05) is 0 Å². The lowest BCUT2D eigenvalue weighted by Crippen LogP contribution is -2.55. The van der Waals surface area contributed by atoms with Crippen LogP contribution in [0.1, 0.15) is 36.1 Å². The second kappa shape index (κ2) is 6.87. The molecule has 156 valence electrons. The first-order valence-corrected chi connectivity index (χ1v) is 9.66. The molecule has 2 heterocycles. The summed E-state index contributed by atoms with van der Waals surface area (Å²) in [5.41, 5.74) is -3.22. The van der Waals surface area contributed by atoms with Gasteiger partial charge in [0.25, 0.3) is 5.91 Å². The fourth-order valence-electron chi connectivity index (χ4n) is 3.99. The number of nitrogens with zero attached hydrogens (tertiary/aromatic N) is 4. The first-order chi connectivity index (χ1) is 14.1. The van der Waals surface area contributed by atoms with Gasteiger partial charge in [-0.05, 0) is 49.9 Å². The Morgan fingerprint density at radius 1 is 1.27 bits per heavy atom. The fourth-order valence-corrected chi connectivity index (χ4v) is 4.58. The van der Waals surface area contributed by atoms with Crippen LogP contribution >= 0.6 is 12.6 Å². The van der Waals surface area contributed by atoms with Gasteiger partial charge in [0.15, 0.2) is 11.2 Å². The molecule has 1 aliphatic heterocycles. The number of aryl methyl sites for hydroxylation is 1. The van der Waals surface area contributed by atoms with Crippen LogP contribution in [-0.2, 0) is 11.0 Å². The second-order valence-electron chi connectivity index (χ2n) is 7.41. The van der Waals surface area contributed by atoms with Crippen LogP contribution < -0.4 is 9.80 Å². The Hall–Kier alpha value is -2.80. The van der Waals surface area contributed by atoms with Gasteiger partial charge in [-0.15, -0.1) is 12.6 Å². The number of aromatic nitrogens is 1. The highest BCUT2D eigenvalue weighted by Gasteiger charge is 2.60. The van der Waals surface area contributed by atoms with E-state index in [1.54, 1.807) is 24.0 Å². The van der Waals surface area contributed by atoms with Gasteiger partial charge in [0.1, 0.15) is 17.4 Å². The van der Waals surface area contributed by atoms with Crippen molar-refractivity contribution in [3.05, 3.63) is 53.1 Å². The van der Waals surface area contributed by atoms with Crippen LogP contribution in [-0.4, -0.2) is 21.9 Å². The molecule has 2 aliphatic rings. The number of thiol groups is 1. The average molecular weight is 436 g/mol. The highest BCUT2D eigenvalue weighted by atomic mass is 32.1. The molecule has 30 heavy (non-hydrogen) atoms. The minimum atomic E-state index is -4.81. The number of benzene rings is 1. The quantitative estimate of drug-likeness (QED) is 0.560. The summed E-state index contributed by atoms with van der Waals surface area (Å²) in [5, 5.41) is 8.96. The van der Waals surface area contributed by atoms with Gasteiger partial charge in [-0.2, -0.15) is 18.4 Å². The second-order valence-corrected chi connectivity index (χ2v) is 7.87. The highest BCUT2D eigenvalue weighted by Crippen LogP contribution is 2.50. The Kier molecular flexibility index (Phi) is 4.69. The number of hydrogen-bond donors (Lipinski definition) is 1. The Bertz CT molecular complexity index is 1080. The maximum Gasteiger partial charge on any atom is 0.419 e. The molecule has 1 saturated carbocycles. The van der Waals surface area contributed by atoms with Crippen molar-refractivity contribution in [3.8, 4) is 6.07 Å². The molecule has 1 atom stereocenters. The third kappa shape index (κ3) is 2.91. The van der Waals surface area contributed by atoms with Gasteiger partial charge in [-0.1, -0.05) is 6.07 Å². The maximum atomic E-state index is 14.2. The van der Waals surface area contributed by atoms with Gasteiger partial charge in [-0.25, -0.2) is 9.37 Å². The molecule has 1 aromatic heterocycles. The Morgan fingerprint density at radius 2 is 1.97 bits per heavy atom. The molecule has 1 amide bonds. The molecule has 1 aromatic carbocycles. The third-order valence-corrected chi connectivity index (χ3v) is 6.18. The molecule has 0 N–H and O–H groups in total. The third-order valence-electron chi connectivity index (χ3n) is 5.72. The van der Waals surface area contributed by atoms with E-state index in [1.165, 1.54) is 12.1 Å². The summed E-state index contributed by atoms with van der Waals surface area (Å²) in [6.45, 7) is 1.61. The largest absolute Gasteiger partial charge is 0.419 e. The van der Waals surface area contributed by atoms with Crippen molar-refractivity contribution in [2.24, 2.45) is 0 Å². The summed E-state index contributed by atoms with van der Waals surface area (Å²) in [6.07, 6.45) is -2.04. The summed E-state index contributed by atoms with van der Waals surface area (Å²) >= 11 is 4.52. The predicted molar refractivity (Wildman–Crippen MR) is 104 cm³/mol. The van der Waals surface area contributed by atoms with Gasteiger partial charge in [0.05, 0.1) is 17.4 Å². The number of halogens is 4. The average Bonchev–Trinajstić information content (AvgIpc) is 2.90. The summed E-state index contributed by atoms with van der Waals surface area (Å²) in [5.74, 6) is -0.873. The molecule has 1 unspecified atom stereocenters. The number of alkyl halides is 3. The number of rotatable bonds is 2. The van der Waals surface area contributed by atoms with Gasteiger partial charge in [-0.3, -0.25) is 9.69 Å². The lowest BCUT2D eigenvalue weighted by atomic mass is 9.75. The maximum absolute atomic E-state index is 14.2. The lowest BCUT2D eigenvalue weighted by Gasteiger charge is -2.44. The topological polar surface area (TPSA) is 60.2 Å². The lowest BCUT2D eigenvalue weighted by molar-refractivity contribution is -0.138. The van der Waals surface area contributed by atoms with Crippen molar-refractivity contribution in [1.29, 1.82) is 5.26 Å². The van der Waals surface area contributed by atoms with Gasteiger partial charge in [0.2, 0.25) is 0 Å². The highest BCUT2D eigenvalue weighted by molar-refractivity contribution is 7.81. The van der Waals surface area contributed by atoms with E-state index < -0.39 is 40.2 Å². The van der Waals surface area contributed by atoms with E-state index in [2.05, 4.69) is 17.6 Å². The number of nitriles is 1. The summed E-state index contributed by atoms with van der Waals surface area (Å²) < 4.78 is 54.4. The molecule has 1 spiro atoms. The van der Waals surface area contributed by atoms with Crippen molar-refractivity contribution >= 4 is 29.9 Å². The summed E-state index contributed by atoms with van der Waals surface area (Å²) in [4.78, 5) is 19.7. The number of hydrogen-bond acceptors (Lipinski definition) is 5. The molecule has 10 heteroatoms. The van der Waals surface area contributed by atoms with Gasteiger partial charge in [0, 0.05) is 5.69 Å². The molecule has 1 saturated heterocycles. The standard InChI is InChI=1S/C20H16F4N4OS/c1-11-3-4-12(8-15(11)21)28-18(30)27(17(29)19(28)5-2-6-19)13-7-14(20(22,23)24)16(9-25)26-10-13/h3-4,7-8,10,18,30H,2,5-6H2,1H3. The Labute approximate surface area is 175 Å². The van der Waals surface area contributed by atoms with E-state index in [-0.39, 0.29) is 5.69 Å². The molecule has 1 aliphatic carbocycles. The zero-order chi connectivity index (χ0) is 21.8. The van der Waals surface area contributed by atoms with Crippen molar-refractivity contribution in [2.75, 3.05) is 9.80 Å². The number of carbonyl (C=O) groups is 1. The number of amides is 1. The smallest absolute Gasteiger partial charge is 0.327 e. The van der Waals surface area contributed by atoms with Crippen LogP contribution in [0.4, 0.5) is 28.9 Å². The van der Waals surface area contributed by atoms with Crippen molar-refractivity contribution in [2.45, 2.75) is 43.4 Å². The number of anilines is 2. The van der Waals surface area contributed by atoms with E-state index in [0.29, 0.717) is 24.1 Å². The molecular weight excluding hydrogens is 420 g/mol. The van der Waals surface area contributed by atoms with Crippen LogP contribution in [0.15, 0.2) is 30.5 Å². The number of pyridine rings is 1. The fraction of sp³-hybridized carbons (Fsp3) is 0.350. The van der Waals surface area contributed by atoms with Gasteiger partial charge >= 0.3 is 6.18 Å². The zero-order valence-electron chi connectivity index (χ0n) is 15.7. The Morgan fingerprint density at radius 3 is 2.50 bits per heavy atom. The van der Waals surface area contributed by atoms with Crippen molar-refractivity contribution < 1.29 is 22.4 Å². The van der Waals surface area contributed by atoms with Crippen LogP contribution in [0.2, 0.25) is 0 Å². The van der Waals surface area contributed by atoms with Crippen LogP contribution in [0, 0.1) is 24.1 Å². The molecule has 5 nitrogen and oxygen atoms in total. The predicted octanol–water partition coefficient (Wildman–Crippen LogP) is 4.41. The SMILES string of the molecule is Cc1ccc(N2C(S)N(c3cnc(C#N)c(C(F)(F)F)c3)C(=O)C23CCC3)cc1F. The van der Waals surface area contributed by atoms with Crippen molar-refractivity contribution in [3.63, 3.8) is 0 Å². The minimum absolute atomic E-state index is 0.118. The Balaban J connectivity index is 1.82. The molecule has 4 rings (SSSR count). The van der Waals surface area contributed by atoms with Crippen LogP contribution in [0.5, 0.6) is 0 Å². The normalized spacial score (nSPS) is 20.4. The molecular formula is C20H16F4N4OS. The minimum Gasteiger partial charge on any atom is -0.327 e. The van der Waals surface area contributed by atoms with Crippen molar-refractivity contribution in [1.82, 2.24) is 4.98 Å². The molecule has 2 aromatic rings. The summed E-state index contributed by atoms with van der Waals surface area (Å²) in [7, 11) is 0. The first kappa shape index (κ1) is 20.5. The zero-order valence-corrected chi connectivity index (χ0v) is 16.6. The summed E-state index contributed by atoms with van der Waals surface area (Å²) in [6, 6.07) is 6.70. The van der Waals surface area contributed by atoms with E-state index in [9.17, 15) is 22.4 Å². The van der Waals surface area contributed by atoms with Crippen LogP contribution in [0.25, 0.3) is 0 Å². The monoisotopic (exact) mass is 436 g/mol. The molecule has 0 bridgehead atoms. The first-order valence-electron chi connectivity index (χ1n) is 9.15. The van der Waals surface area contributed by atoms with E-state index in [0.717, 1.165) is 23.6 Å². The van der Waals surface area contributed by atoms with Gasteiger partial charge < -0.3 is 4.90 Å². The van der Waals surface area contributed by atoms with E-state index in [4.69, 9.17) is 5.26 Å². The molecule has 2 fully saturated rings. The van der Waals surface area contributed by atoms with Crippen LogP contribution in [0.3, 0.4) is 0 Å². The molecule has 0 radical (unpaired) electrons.